The van der Waals surface area contributed by atoms with Crippen molar-refractivity contribution >= 4 is 9.84 Å². The van der Waals surface area contributed by atoms with Crippen molar-refractivity contribution in [1.82, 2.24) is 5.32 Å². The van der Waals surface area contributed by atoms with E-state index in [1.165, 1.54) is 6.07 Å². The molecule has 1 aliphatic heterocycles. The molecule has 0 unspecified atom stereocenters. The lowest BCUT2D eigenvalue weighted by molar-refractivity contribution is 0.400. The Labute approximate surface area is 135 Å². The van der Waals surface area contributed by atoms with Crippen LogP contribution in [0.4, 0.5) is 0 Å². The van der Waals surface area contributed by atoms with Gasteiger partial charge >= 0.3 is 0 Å². The molecule has 0 aromatic heterocycles. The summed E-state index contributed by atoms with van der Waals surface area (Å²) in [6, 6.07) is 11.4. The molecule has 2 aromatic carbocycles. The molecular formula is C17H19NO4S. The van der Waals surface area contributed by atoms with Crippen LogP contribution in [-0.4, -0.2) is 30.4 Å². The average molecular weight is 333 g/mol. The molecule has 1 heterocycles. The van der Waals surface area contributed by atoms with Crippen molar-refractivity contribution in [2.24, 2.45) is 0 Å². The number of phenols is 2. The number of nitrogens with one attached hydrogen (secondary N) is 1. The number of fused-ring (bicyclic) bond motifs is 1. The maximum absolute atomic E-state index is 12.7. The predicted molar refractivity (Wildman–Crippen MR) is 87.3 cm³/mol. The van der Waals surface area contributed by atoms with E-state index in [9.17, 15) is 18.6 Å². The first-order valence-electron chi connectivity index (χ1n) is 7.52. The van der Waals surface area contributed by atoms with Crippen LogP contribution < -0.4 is 5.32 Å². The zero-order chi connectivity index (χ0) is 16.6. The van der Waals surface area contributed by atoms with Crippen LogP contribution in [0.1, 0.15) is 30.5 Å². The minimum atomic E-state index is -3.55. The summed E-state index contributed by atoms with van der Waals surface area (Å²) in [7, 11) is -3.55. The third kappa shape index (κ3) is 2.92. The van der Waals surface area contributed by atoms with Crippen molar-refractivity contribution in [1.29, 1.82) is 0 Å². The quantitative estimate of drug-likeness (QED) is 0.735. The number of rotatable bonds is 2. The number of sulfone groups is 1. The van der Waals surface area contributed by atoms with Gasteiger partial charge in [-0.1, -0.05) is 37.3 Å². The summed E-state index contributed by atoms with van der Waals surface area (Å²) in [5.74, 6) is -0.782. The summed E-state index contributed by atoms with van der Waals surface area (Å²) in [6.45, 7) is 1.93. The van der Waals surface area contributed by atoms with E-state index in [1.807, 2.05) is 37.3 Å². The van der Waals surface area contributed by atoms with Crippen molar-refractivity contribution < 1.29 is 18.6 Å². The van der Waals surface area contributed by atoms with Crippen LogP contribution in [0, 0.1) is 0 Å². The largest absolute Gasteiger partial charge is 0.504 e. The fourth-order valence-corrected chi connectivity index (χ4v) is 4.82. The van der Waals surface area contributed by atoms with Crippen molar-refractivity contribution in [2.75, 3.05) is 5.75 Å². The number of benzene rings is 2. The molecule has 122 valence electrons. The predicted octanol–water partition coefficient (Wildman–Crippen LogP) is 2.34. The van der Waals surface area contributed by atoms with Gasteiger partial charge in [-0.2, -0.15) is 0 Å². The monoisotopic (exact) mass is 333 g/mol. The second-order valence-corrected chi connectivity index (χ2v) is 7.78. The van der Waals surface area contributed by atoms with E-state index < -0.39 is 15.6 Å². The van der Waals surface area contributed by atoms with Gasteiger partial charge < -0.3 is 15.5 Å². The average Bonchev–Trinajstić information content (AvgIpc) is 2.64. The van der Waals surface area contributed by atoms with Crippen LogP contribution in [-0.2, 0) is 9.84 Å². The highest BCUT2D eigenvalue weighted by Gasteiger charge is 2.33. The molecule has 0 fully saturated rings. The summed E-state index contributed by atoms with van der Waals surface area (Å²) in [5.41, 5.74) is 1.37. The first-order valence-corrected chi connectivity index (χ1v) is 9.17. The third-order valence-corrected chi connectivity index (χ3v) is 6.07. The summed E-state index contributed by atoms with van der Waals surface area (Å²) in [4.78, 5) is 0.0742. The van der Waals surface area contributed by atoms with Crippen molar-refractivity contribution in [3.8, 4) is 11.5 Å². The molecule has 0 radical (unpaired) electrons. The zero-order valence-electron chi connectivity index (χ0n) is 12.7. The molecule has 1 aliphatic rings. The van der Waals surface area contributed by atoms with Gasteiger partial charge in [0, 0.05) is 12.1 Å². The van der Waals surface area contributed by atoms with E-state index in [1.54, 1.807) is 0 Å². The maximum atomic E-state index is 12.7. The van der Waals surface area contributed by atoms with E-state index in [0.717, 1.165) is 11.6 Å². The molecule has 0 aliphatic carbocycles. The lowest BCUT2D eigenvalue weighted by Crippen LogP contribution is -2.35. The molecule has 0 saturated heterocycles. The van der Waals surface area contributed by atoms with Gasteiger partial charge in [-0.25, -0.2) is 8.42 Å². The fraction of sp³-hybridized carbons (Fsp3) is 0.294. The van der Waals surface area contributed by atoms with Gasteiger partial charge in [-0.05, 0) is 23.6 Å². The molecule has 3 rings (SSSR count). The summed E-state index contributed by atoms with van der Waals surface area (Å²) in [6.07, 6.45) is 0.661. The molecule has 0 bridgehead atoms. The second-order valence-electron chi connectivity index (χ2n) is 5.78. The van der Waals surface area contributed by atoms with Crippen LogP contribution in [0.25, 0.3) is 0 Å². The Morgan fingerprint density at radius 1 is 1.13 bits per heavy atom. The minimum Gasteiger partial charge on any atom is -0.504 e. The number of aromatic hydroxyl groups is 2. The zero-order valence-corrected chi connectivity index (χ0v) is 13.5. The molecule has 3 N–H and O–H groups in total. The Kier molecular flexibility index (Phi) is 4.04. The van der Waals surface area contributed by atoms with E-state index in [2.05, 4.69) is 5.32 Å². The Bertz CT molecular complexity index is 818. The molecule has 23 heavy (non-hydrogen) atoms. The van der Waals surface area contributed by atoms with Crippen LogP contribution in [0.15, 0.2) is 47.4 Å². The number of phenolic OH excluding ortho intramolecular Hbond substituents is 2. The SMILES string of the molecule is CC[C@H]1CS(=O)(=O)c2cc(O)c(O)cc2[C@@H](c2ccccc2)N1. The van der Waals surface area contributed by atoms with Gasteiger partial charge in [0.15, 0.2) is 21.3 Å². The lowest BCUT2D eigenvalue weighted by atomic mass is 9.97. The molecule has 2 aromatic rings. The molecule has 2 atom stereocenters. The van der Waals surface area contributed by atoms with E-state index in [0.29, 0.717) is 12.0 Å². The van der Waals surface area contributed by atoms with Gasteiger partial charge in [-0.3, -0.25) is 0 Å². The Morgan fingerprint density at radius 2 is 1.78 bits per heavy atom. The third-order valence-electron chi connectivity index (χ3n) is 4.20. The highest BCUT2D eigenvalue weighted by Crippen LogP contribution is 2.38. The Hall–Kier alpha value is -2.05. The minimum absolute atomic E-state index is 0.0376. The van der Waals surface area contributed by atoms with Crippen LogP contribution in [0.2, 0.25) is 0 Å². The normalized spacial score (nSPS) is 23.0. The topological polar surface area (TPSA) is 86.6 Å². The van der Waals surface area contributed by atoms with Gasteiger partial charge in [0.05, 0.1) is 16.7 Å². The smallest absolute Gasteiger partial charge is 0.180 e. The molecule has 0 amide bonds. The van der Waals surface area contributed by atoms with Crippen molar-refractivity contribution in [3.63, 3.8) is 0 Å². The van der Waals surface area contributed by atoms with E-state index >= 15 is 0 Å². The van der Waals surface area contributed by atoms with Crippen LogP contribution in [0.3, 0.4) is 0 Å². The fourth-order valence-electron chi connectivity index (χ4n) is 2.95. The van der Waals surface area contributed by atoms with E-state index in [-0.39, 0.29) is 28.5 Å². The first-order chi connectivity index (χ1) is 10.9. The summed E-state index contributed by atoms with van der Waals surface area (Å²) >= 11 is 0. The molecular weight excluding hydrogens is 314 g/mol. The standard InChI is InChI=1S/C17H19NO4S/c1-2-12-10-23(21,22)16-9-15(20)14(19)8-13(16)17(18-12)11-6-4-3-5-7-11/h3-9,12,17-20H,2,10H2,1H3/t12-,17+/m0/s1. The Morgan fingerprint density at radius 3 is 2.43 bits per heavy atom. The molecule has 0 saturated carbocycles. The van der Waals surface area contributed by atoms with Gasteiger partial charge in [-0.15, -0.1) is 0 Å². The van der Waals surface area contributed by atoms with Crippen LogP contribution >= 0.6 is 0 Å². The first kappa shape index (κ1) is 15.8. The van der Waals surface area contributed by atoms with Gasteiger partial charge in [0.2, 0.25) is 0 Å². The maximum Gasteiger partial charge on any atom is 0.180 e. The molecule has 5 nitrogen and oxygen atoms in total. The highest BCUT2D eigenvalue weighted by molar-refractivity contribution is 7.91. The van der Waals surface area contributed by atoms with E-state index in [4.69, 9.17) is 0 Å². The highest BCUT2D eigenvalue weighted by atomic mass is 32.2. The lowest BCUT2D eigenvalue weighted by Gasteiger charge is -2.23. The number of hydrogen-bond donors (Lipinski definition) is 3. The summed E-state index contributed by atoms with van der Waals surface area (Å²) < 4.78 is 25.3. The molecule has 0 spiro atoms. The van der Waals surface area contributed by atoms with Crippen molar-refractivity contribution in [2.45, 2.75) is 30.3 Å². The Balaban J connectivity index is 2.25. The molecule has 6 heteroatoms. The van der Waals surface area contributed by atoms with Crippen LogP contribution in [0.5, 0.6) is 11.5 Å². The van der Waals surface area contributed by atoms with Gasteiger partial charge in [0.1, 0.15) is 0 Å². The number of hydrogen-bond acceptors (Lipinski definition) is 5. The second kappa shape index (κ2) is 5.86. The van der Waals surface area contributed by atoms with Crippen molar-refractivity contribution in [3.05, 3.63) is 53.6 Å². The summed E-state index contributed by atoms with van der Waals surface area (Å²) in [5, 5.41) is 23.0. The van der Waals surface area contributed by atoms with Gasteiger partial charge in [0.25, 0.3) is 0 Å².